The number of aryl methyl sites for hydroxylation is 1. The number of nitrogens with zero attached hydrogens (tertiary/aromatic N) is 3. The lowest BCUT2D eigenvalue weighted by atomic mass is 9.77. The van der Waals surface area contributed by atoms with Crippen molar-refractivity contribution in [3.05, 3.63) is 82.7 Å². The number of hydrogen-bond acceptors (Lipinski definition) is 6. The fourth-order valence-electron chi connectivity index (χ4n) is 4.89. The molecule has 0 spiro atoms. The van der Waals surface area contributed by atoms with E-state index in [1.807, 2.05) is 13.1 Å². The largest absolute Gasteiger partial charge is 0.396 e. The summed E-state index contributed by atoms with van der Waals surface area (Å²) in [6, 6.07) is 10.7. The van der Waals surface area contributed by atoms with Crippen LogP contribution in [0.1, 0.15) is 51.3 Å². The van der Waals surface area contributed by atoms with Gasteiger partial charge < -0.3 is 21.1 Å². The lowest BCUT2D eigenvalue weighted by molar-refractivity contribution is 0.0958. The molecule has 0 fully saturated rings. The minimum atomic E-state index is -0.467. The SMILES string of the molecule is CNCc1ccc(C2Nc3cc(F)cc4c3C(=CCNC4=O)C2c2ncnn2CCCO)cc1. The van der Waals surface area contributed by atoms with Gasteiger partial charge in [-0.1, -0.05) is 30.3 Å². The molecular weight excluding hydrogens is 435 g/mol. The molecule has 4 N–H and O–H groups in total. The lowest BCUT2D eigenvalue weighted by Gasteiger charge is -2.37. The molecule has 2 aliphatic rings. The predicted octanol–water partition coefficient (Wildman–Crippen LogP) is 2.60. The van der Waals surface area contributed by atoms with Crippen molar-refractivity contribution in [3.8, 4) is 0 Å². The highest BCUT2D eigenvalue weighted by Crippen LogP contribution is 2.50. The highest BCUT2D eigenvalue weighted by atomic mass is 19.1. The topological polar surface area (TPSA) is 104 Å². The second-order valence-corrected chi connectivity index (χ2v) is 8.54. The molecule has 3 heterocycles. The van der Waals surface area contributed by atoms with Gasteiger partial charge in [-0.15, -0.1) is 0 Å². The Kier molecular flexibility index (Phi) is 6.12. The van der Waals surface area contributed by atoms with E-state index in [2.05, 4.69) is 50.3 Å². The van der Waals surface area contributed by atoms with Gasteiger partial charge in [-0.2, -0.15) is 5.10 Å². The third-order valence-corrected chi connectivity index (χ3v) is 6.37. The first-order valence-corrected chi connectivity index (χ1v) is 11.4. The number of halogens is 1. The Morgan fingerprint density at radius 1 is 1.26 bits per heavy atom. The average Bonchev–Trinajstić information content (AvgIpc) is 3.23. The first-order chi connectivity index (χ1) is 16.6. The summed E-state index contributed by atoms with van der Waals surface area (Å²) in [4.78, 5) is 17.3. The number of aliphatic hydroxyl groups is 1. The molecule has 2 unspecified atom stereocenters. The molecule has 34 heavy (non-hydrogen) atoms. The number of amides is 1. The quantitative estimate of drug-likeness (QED) is 0.430. The molecule has 0 bridgehead atoms. The van der Waals surface area contributed by atoms with Crippen LogP contribution in [0.15, 0.2) is 48.8 Å². The molecule has 2 atom stereocenters. The average molecular weight is 463 g/mol. The van der Waals surface area contributed by atoms with Crippen LogP contribution in [0.3, 0.4) is 0 Å². The van der Waals surface area contributed by atoms with Crippen LogP contribution in [0.5, 0.6) is 0 Å². The van der Waals surface area contributed by atoms with Gasteiger partial charge >= 0.3 is 0 Å². The van der Waals surface area contributed by atoms with Crippen LogP contribution in [0.25, 0.3) is 5.57 Å². The van der Waals surface area contributed by atoms with Crippen molar-refractivity contribution < 1.29 is 14.3 Å². The monoisotopic (exact) mass is 462 g/mol. The standard InChI is InChI=1S/C25H27FN6O2/c1-27-13-15-3-5-16(6-4-15)23-22(24-29-14-30-32(24)9-2-10-33)18-7-8-28-25(34)19-11-17(26)12-20(31-23)21(18)19/h3-7,11-12,14,22-23,27,31,33H,2,8-10,13H2,1H3,(H,28,34). The van der Waals surface area contributed by atoms with Crippen molar-refractivity contribution in [1.29, 1.82) is 0 Å². The van der Waals surface area contributed by atoms with Crippen LogP contribution in [0, 0.1) is 5.82 Å². The summed E-state index contributed by atoms with van der Waals surface area (Å²) in [6.07, 6.45) is 4.05. The zero-order valence-electron chi connectivity index (χ0n) is 18.9. The highest BCUT2D eigenvalue weighted by Gasteiger charge is 2.40. The molecule has 1 aromatic heterocycles. The van der Waals surface area contributed by atoms with Gasteiger partial charge in [0.05, 0.1) is 17.5 Å². The molecule has 176 valence electrons. The van der Waals surface area contributed by atoms with Gasteiger partial charge in [0.2, 0.25) is 0 Å². The molecule has 0 saturated carbocycles. The summed E-state index contributed by atoms with van der Waals surface area (Å²) >= 11 is 0. The van der Waals surface area contributed by atoms with E-state index in [0.717, 1.165) is 29.1 Å². The number of anilines is 1. The van der Waals surface area contributed by atoms with Gasteiger partial charge in [0.25, 0.3) is 5.91 Å². The van der Waals surface area contributed by atoms with Gasteiger partial charge in [0.1, 0.15) is 18.0 Å². The number of carbonyl (C=O) groups excluding carboxylic acids is 1. The minimum absolute atomic E-state index is 0.0476. The second-order valence-electron chi connectivity index (χ2n) is 8.54. The number of aromatic nitrogens is 3. The Balaban J connectivity index is 1.69. The van der Waals surface area contributed by atoms with E-state index in [1.54, 1.807) is 4.68 Å². The van der Waals surface area contributed by atoms with Crippen molar-refractivity contribution in [2.24, 2.45) is 0 Å². The second kappa shape index (κ2) is 9.36. The van der Waals surface area contributed by atoms with E-state index < -0.39 is 5.82 Å². The lowest BCUT2D eigenvalue weighted by Crippen LogP contribution is -2.30. The maximum atomic E-state index is 14.5. The van der Waals surface area contributed by atoms with Gasteiger partial charge in [-0.05, 0) is 42.3 Å². The van der Waals surface area contributed by atoms with E-state index in [-0.39, 0.29) is 24.5 Å². The molecule has 2 aliphatic heterocycles. The zero-order chi connectivity index (χ0) is 23.7. The van der Waals surface area contributed by atoms with Crippen LogP contribution < -0.4 is 16.0 Å². The van der Waals surface area contributed by atoms with Crippen molar-refractivity contribution in [1.82, 2.24) is 25.4 Å². The molecule has 0 radical (unpaired) electrons. The molecule has 2 aromatic carbocycles. The van der Waals surface area contributed by atoms with E-state index in [0.29, 0.717) is 36.3 Å². The molecule has 1 amide bonds. The van der Waals surface area contributed by atoms with Crippen LogP contribution >= 0.6 is 0 Å². The van der Waals surface area contributed by atoms with Gasteiger partial charge in [0.15, 0.2) is 0 Å². The Morgan fingerprint density at radius 2 is 2.09 bits per heavy atom. The Morgan fingerprint density at radius 3 is 2.85 bits per heavy atom. The van der Waals surface area contributed by atoms with Crippen LogP contribution in [0.4, 0.5) is 10.1 Å². The normalized spacial score (nSPS) is 19.0. The Labute approximate surface area is 196 Å². The number of benzene rings is 2. The first-order valence-electron chi connectivity index (χ1n) is 11.4. The molecule has 8 nitrogen and oxygen atoms in total. The van der Waals surface area contributed by atoms with Crippen molar-refractivity contribution >= 4 is 17.2 Å². The maximum Gasteiger partial charge on any atom is 0.252 e. The molecule has 0 saturated heterocycles. The Hall–Kier alpha value is -3.56. The fraction of sp³-hybridized carbons (Fsp3) is 0.320. The number of hydrogen-bond donors (Lipinski definition) is 4. The summed E-state index contributed by atoms with van der Waals surface area (Å²) < 4.78 is 16.3. The predicted molar refractivity (Wildman–Crippen MR) is 127 cm³/mol. The van der Waals surface area contributed by atoms with Crippen molar-refractivity contribution in [2.45, 2.75) is 31.5 Å². The summed E-state index contributed by atoms with van der Waals surface area (Å²) in [5.41, 5.74) is 4.66. The highest BCUT2D eigenvalue weighted by molar-refractivity contribution is 6.04. The summed E-state index contributed by atoms with van der Waals surface area (Å²) in [5.74, 6) is -0.322. The van der Waals surface area contributed by atoms with Gasteiger partial charge in [-0.3, -0.25) is 4.79 Å². The zero-order valence-corrected chi connectivity index (χ0v) is 18.9. The van der Waals surface area contributed by atoms with Crippen molar-refractivity contribution in [3.63, 3.8) is 0 Å². The molecule has 0 aliphatic carbocycles. The van der Waals surface area contributed by atoms with E-state index in [1.165, 1.54) is 18.5 Å². The van der Waals surface area contributed by atoms with E-state index in [4.69, 9.17) is 0 Å². The third kappa shape index (κ3) is 3.97. The van der Waals surface area contributed by atoms with Gasteiger partial charge in [0, 0.05) is 37.5 Å². The fourth-order valence-corrected chi connectivity index (χ4v) is 4.89. The molecule has 9 heteroatoms. The number of rotatable bonds is 7. The van der Waals surface area contributed by atoms with E-state index >= 15 is 0 Å². The summed E-state index contributed by atoms with van der Waals surface area (Å²) in [7, 11) is 1.91. The number of aliphatic hydroxyl groups excluding tert-OH is 1. The van der Waals surface area contributed by atoms with Crippen LogP contribution in [-0.2, 0) is 13.1 Å². The summed E-state index contributed by atoms with van der Waals surface area (Å²) in [6.45, 7) is 1.66. The summed E-state index contributed by atoms with van der Waals surface area (Å²) in [5, 5.41) is 23.3. The van der Waals surface area contributed by atoms with E-state index in [9.17, 15) is 14.3 Å². The van der Waals surface area contributed by atoms with Crippen molar-refractivity contribution in [2.75, 3.05) is 25.5 Å². The molecular formula is C25H27FN6O2. The third-order valence-electron chi connectivity index (χ3n) is 6.37. The minimum Gasteiger partial charge on any atom is -0.396 e. The smallest absolute Gasteiger partial charge is 0.252 e. The number of carbonyl (C=O) groups is 1. The van der Waals surface area contributed by atoms with Crippen LogP contribution in [-0.4, -0.2) is 46.0 Å². The van der Waals surface area contributed by atoms with Gasteiger partial charge in [-0.25, -0.2) is 14.1 Å². The maximum absolute atomic E-state index is 14.5. The Bertz CT molecular complexity index is 1240. The number of nitrogens with one attached hydrogen (secondary N) is 3. The molecule has 3 aromatic rings. The van der Waals surface area contributed by atoms with Crippen LogP contribution in [0.2, 0.25) is 0 Å². The molecule has 5 rings (SSSR count). The first kappa shape index (κ1) is 22.2.